The Labute approximate surface area is 370 Å². The average molecular weight is 816 g/mol. The van der Waals surface area contributed by atoms with Crippen molar-refractivity contribution in [2.24, 2.45) is 0 Å². The van der Waals surface area contributed by atoms with Crippen LogP contribution in [0.1, 0.15) is 5.56 Å². The van der Waals surface area contributed by atoms with Crippen molar-refractivity contribution in [1.82, 2.24) is 0 Å². The number of para-hydroxylation sites is 1. The van der Waals surface area contributed by atoms with Gasteiger partial charge in [0.15, 0.2) is 0 Å². The van der Waals surface area contributed by atoms with Crippen molar-refractivity contribution in [3.8, 4) is 22.3 Å². The molecule has 12 rings (SSSR count). The van der Waals surface area contributed by atoms with Crippen LogP contribution >= 0.6 is 0 Å². The monoisotopic (exact) mass is 815 g/mol. The summed E-state index contributed by atoms with van der Waals surface area (Å²) in [4.78, 5) is 2.39. The van der Waals surface area contributed by atoms with E-state index < -0.39 is 0 Å². The molecule has 64 heavy (non-hydrogen) atoms. The molecule has 0 fully saturated rings. The number of furan rings is 1. The van der Waals surface area contributed by atoms with Crippen LogP contribution in [0.2, 0.25) is 0 Å². The molecule has 0 aliphatic rings. The molecular weight excluding hydrogens is 775 g/mol. The van der Waals surface area contributed by atoms with Crippen LogP contribution in [0.15, 0.2) is 235 Å². The van der Waals surface area contributed by atoms with Gasteiger partial charge in [-0.25, -0.2) is 0 Å². The van der Waals surface area contributed by atoms with Crippen LogP contribution in [0, 0.1) is 10.4 Å². The molecule has 1 aromatic heterocycles. The minimum absolute atomic E-state index is 0.882. The van der Waals surface area contributed by atoms with Gasteiger partial charge < -0.3 is 9.32 Å². The zero-order valence-electron chi connectivity index (χ0n) is 35.1. The maximum Gasteiger partial charge on any atom is 0.136 e. The number of rotatable bonds is 6. The van der Waals surface area contributed by atoms with Crippen LogP contribution in [-0.4, -0.2) is 0 Å². The Hall–Kier alpha value is -8.46. The van der Waals surface area contributed by atoms with Gasteiger partial charge in [-0.1, -0.05) is 183 Å². The second-order valence-corrected chi connectivity index (χ2v) is 16.6. The van der Waals surface area contributed by atoms with E-state index in [1.165, 1.54) is 48.7 Å². The van der Waals surface area contributed by atoms with Crippen molar-refractivity contribution in [2.75, 3.05) is 4.90 Å². The molecule has 0 aliphatic carbocycles. The molecule has 12 aromatic rings. The third-order valence-electron chi connectivity index (χ3n) is 12.8. The van der Waals surface area contributed by atoms with Gasteiger partial charge in [0.05, 0.1) is 5.69 Å². The normalized spacial score (nSPS) is 12.5. The van der Waals surface area contributed by atoms with Gasteiger partial charge in [0.2, 0.25) is 0 Å². The van der Waals surface area contributed by atoms with Gasteiger partial charge in [-0.2, -0.15) is 0 Å². The Morgan fingerprint density at radius 3 is 1.83 bits per heavy atom. The number of fused-ring (bicyclic) bond motifs is 7. The van der Waals surface area contributed by atoms with E-state index in [4.69, 9.17) is 4.42 Å². The van der Waals surface area contributed by atoms with Crippen molar-refractivity contribution in [1.29, 1.82) is 0 Å². The summed E-state index contributed by atoms with van der Waals surface area (Å²) in [5.74, 6) is 0. The molecule has 0 amide bonds. The van der Waals surface area contributed by atoms with Crippen molar-refractivity contribution in [2.45, 2.75) is 0 Å². The lowest BCUT2D eigenvalue weighted by Gasteiger charge is -2.28. The van der Waals surface area contributed by atoms with E-state index in [-0.39, 0.29) is 0 Å². The van der Waals surface area contributed by atoms with Gasteiger partial charge in [0.1, 0.15) is 11.2 Å². The fourth-order valence-electron chi connectivity index (χ4n) is 9.60. The van der Waals surface area contributed by atoms with Gasteiger partial charge >= 0.3 is 0 Å². The number of nitrogens with zero attached hydrogens (tertiary/aromatic N) is 1. The van der Waals surface area contributed by atoms with Crippen LogP contribution in [0.4, 0.5) is 17.1 Å². The van der Waals surface area contributed by atoms with E-state index in [1.807, 2.05) is 6.07 Å². The Morgan fingerprint density at radius 1 is 0.375 bits per heavy atom. The summed E-state index contributed by atoms with van der Waals surface area (Å²) >= 11 is 0. The fraction of sp³-hybridized carbons (Fsp3) is 0. The van der Waals surface area contributed by atoms with E-state index in [0.29, 0.717) is 0 Å². The molecule has 2 heteroatoms. The predicted molar refractivity (Wildman–Crippen MR) is 271 cm³/mol. The highest BCUT2D eigenvalue weighted by Gasteiger charge is 2.19. The topological polar surface area (TPSA) is 16.4 Å². The number of hydrogen-bond donors (Lipinski definition) is 0. The molecule has 0 N–H and O–H groups in total. The zero-order chi connectivity index (χ0) is 42.6. The third-order valence-corrected chi connectivity index (χ3v) is 12.8. The van der Waals surface area contributed by atoms with Crippen LogP contribution in [0.3, 0.4) is 0 Å². The molecule has 0 unspecified atom stereocenters. The highest BCUT2D eigenvalue weighted by atomic mass is 16.3. The molecule has 0 aliphatic heterocycles. The van der Waals surface area contributed by atoms with Crippen LogP contribution in [-0.2, 0) is 0 Å². The third kappa shape index (κ3) is 6.52. The Bertz CT molecular complexity index is 3980. The first-order valence-corrected chi connectivity index (χ1v) is 21.8. The summed E-state index contributed by atoms with van der Waals surface area (Å²) in [6, 6.07) is 82.9. The summed E-state index contributed by atoms with van der Waals surface area (Å²) in [6.07, 6.45) is 2.26. The highest BCUT2D eigenvalue weighted by Crippen LogP contribution is 2.43. The Balaban J connectivity index is 1.00. The van der Waals surface area contributed by atoms with Gasteiger partial charge in [0, 0.05) is 27.7 Å². The largest absolute Gasteiger partial charge is 0.456 e. The van der Waals surface area contributed by atoms with Crippen molar-refractivity contribution in [3.05, 3.63) is 257 Å². The van der Waals surface area contributed by atoms with E-state index in [0.717, 1.165) is 71.3 Å². The Kier molecular flexibility index (Phi) is 9.02. The lowest BCUT2D eigenvalue weighted by molar-refractivity contribution is 0.669. The van der Waals surface area contributed by atoms with Gasteiger partial charge in [-0.15, -0.1) is 0 Å². The van der Waals surface area contributed by atoms with Gasteiger partial charge in [-0.3, -0.25) is 0 Å². The first kappa shape index (κ1) is 37.3. The van der Waals surface area contributed by atoms with Crippen LogP contribution in [0.25, 0.3) is 89.2 Å². The number of anilines is 3. The summed E-state index contributed by atoms with van der Waals surface area (Å²) < 4.78 is 6.44. The maximum absolute atomic E-state index is 6.44. The highest BCUT2D eigenvalue weighted by molar-refractivity contribution is 6.13. The van der Waals surface area contributed by atoms with E-state index >= 15 is 0 Å². The molecular formula is C62H41NO. The summed E-state index contributed by atoms with van der Waals surface area (Å²) in [5.41, 5.74) is 10.8. The molecule has 11 aromatic carbocycles. The molecule has 0 bridgehead atoms. The average Bonchev–Trinajstić information content (AvgIpc) is 3.71. The maximum atomic E-state index is 6.44. The zero-order valence-corrected chi connectivity index (χ0v) is 35.1. The fourth-order valence-corrected chi connectivity index (χ4v) is 9.60. The first-order chi connectivity index (χ1) is 31.6. The molecule has 2 nitrogen and oxygen atoms in total. The smallest absolute Gasteiger partial charge is 0.136 e. The van der Waals surface area contributed by atoms with E-state index in [2.05, 4.69) is 242 Å². The summed E-state index contributed by atoms with van der Waals surface area (Å²) in [7, 11) is 0. The molecule has 0 radical (unpaired) electrons. The second-order valence-electron chi connectivity index (χ2n) is 16.6. The molecule has 1 heterocycles. The van der Waals surface area contributed by atoms with Gasteiger partial charge in [0.25, 0.3) is 0 Å². The van der Waals surface area contributed by atoms with Gasteiger partial charge in [-0.05, 0) is 136 Å². The van der Waals surface area contributed by atoms with Crippen molar-refractivity contribution >= 4 is 84.0 Å². The molecule has 0 saturated carbocycles. The minimum Gasteiger partial charge on any atom is -0.456 e. The quantitative estimate of drug-likeness (QED) is 0.155. The number of benzene rings is 11. The standard InChI is InChI=1S/C62H41NO/c1-41-13-2-7-18-51(41)54-20-9-6-17-47(54)37-42-25-31-49(32-26-42)63(50-33-27-44(28-34-50)53-22-12-23-56-52-19-8-5-14-43(52)29-35-57(53)56)60-24-11-10-21-55(60)48-30-36-61-58(39-48)59-38-45-15-3-4-16-46(45)40-62(59)64-61/h2-40H,1H2/b47-37+,54-51-. The molecule has 0 saturated heterocycles. The van der Waals surface area contributed by atoms with Crippen LogP contribution < -0.4 is 15.3 Å². The predicted octanol–water partition coefficient (Wildman–Crippen LogP) is 15.4. The van der Waals surface area contributed by atoms with E-state index in [1.54, 1.807) is 0 Å². The lowest BCUT2D eigenvalue weighted by Crippen LogP contribution is -2.11. The molecule has 300 valence electrons. The second kappa shape index (κ2) is 15.5. The minimum atomic E-state index is 0.882. The summed E-state index contributed by atoms with van der Waals surface area (Å²) in [5, 5.41) is 14.1. The van der Waals surface area contributed by atoms with Crippen molar-refractivity contribution in [3.63, 3.8) is 0 Å². The van der Waals surface area contributed by atoms with Crippen molar-refractivity contribution < 1.29 is 4.42 Å². The summed E-state index contributed by atoms with van der Waals surface area (Å²) in [6.45, 7) is 4.32. The van der Waals surface area contributed by atoms with Crippen LogP contribution in [0.5, 0.6) is 0 Å². The lowest BCUT2D eigenvalue weighted by atomic mass is 9.94. The molecule has 0 atom stereocenters. The van der Waals surface area contributed by atoms with E-state index in [9.17, 15) is 0 Å². The SMILES string of the molecule is C=c1cccc/c1=c1\cccc\c1=C/c1ccc(N(c2ccc(-c3cccc4c3ccc3ccccc34)cc2)c2ccccc2-c2ccc3oc4cc5ccccc5cc4c3c2)cc1. The molecule has 0 spiro atoms. The first-order valence-electron chi connectivity index (χ1n) is 21.8. The Morgan fingerprint density at radius 2 is 1.00 bits per heavy atom. The number of hydrogen-bond acceptors (Lipinski definition) is 2.